The van der Waals surface area contributed by atoms with Crippen molar-refractivity contribution in [2.75, 3.05) is 13.7 Å². The molecule has 2 rings (SSSR count). The van der Waals surface area contributed by atoms with Gasteiger partial charge in [-0.05, 0) is 54.3 Å². The number of aryl methyl sites for hydroxylation is 1. The molecule has 0 heterocycles. The first-order valence-electron chi connectivity index (χ1n) is 7.71. The van der Waals surface area contributed by atoms with E-state index in [1.165, 1.54) is 0 Å². The molecule has 0 amide bonds. The highest BCUT2D eigenvalue weighted by atomic mass is 16.5. The lowest BCUT2D eigenvalue weighted by atomic mass is 9.96. The second-order valence-corrected chi connectivity index (χ2v) is 5.42. The van der Waals surface area contributed by atoms with Crippen LogP contribution in [0.4, 0.5) is 0 Å². The molecule has 0 spiro atoms. The average Bonchev–Trinajstić information content (AvgIpc) is 2.55. The van der Waals surface area contributed by atoms with Crippen molar-refractivity contribution < 1.29 is 14.3 Å². The third-order valence-electron chi connectivity index (χ3n) is 3.76. The van der Waals surface area contributed by atoms with E-state index < -0.39 is 0 Å². The fraction of sp³-hybridized carbons (Fsp3) is 0.316. The molecular weight excluding hydrogens is 290 g/mol. The summed E-state index contributed by atoms with van der Waals surface area (Å²) in [5.74, 6) is 0.537. The normalized spacial score (nSPS) is 11.8. The summed E-state index contributed by atoms with van der Waals surface area (Å²) in [6, 6.07) is 13.5. The van der Waals surface area contributed by atoms with Crippen LogP contribution >= 0.6 is 0 Å². The van der Waals surface area contributed by atoms with Crippen LogP contribution in [0.2, 0.25) is 0 Å². The molecule has 0 aliphatic heterocycles. The Bertz CT molecular complexity index is 682. The number of methoxy groups -OCH3 is 1. The van der Waals surface area contributed by atoms with Gasteiger partial charge in [-0.1, -0.05) is 24.3 Å². The molecule has 0 aliphatic carbocycles. The summed E-state index contributed by atoms with van der Waals surface area (Å²) in [6.45, 7) is 4.21. The van der Waals surface area contributed by atoms with Crippen LogP contribution < -0.4 is 10.5 Å². The zero-order valence-electron chi connectivity index (χ0n) is 13.8. The van der Waals surface area contributed by atoms with Gasteiger partial charge in [0.05, 0.1) is 20.1 Å². The number of nitrogens with two attached hydrogens (primary N) is 1. The maximum absolute atomic E-state index is 11.6. The molecule has 0 bridgehead atoms. The minimum Gasteiger partial charge on any atom is -0.497 e. The SMILES string of the molecule is CCOC(=O)C[C@H](N)c1cccc(-c2cc(OC)ccc2C)c1. The first kappa shape index (κ1) is 17.0. The maximum atomic E-state index is 11.6. The van der Waals surface area contributed by atoms with Crippen molar-refractivity contribution >= 4 is 5.97 Å². The average molecular weight is 313 g/mol. The van der Waals surface area contributed by atoms with E-state index in [1.807, 2.05) is 42.5 Å². The highest BCUT2D eigenvalue weighted by Gasteiger charge is 2.14. The van der Waals surface area contributed by atoms with Crippen LogP contribution in [-0.4, -0.2) is 19.7 Å². The van der Waals surface area contributed by atoms with Crippen molar-refractivity contribution in [3.05, 3.63) is 53.6 Å². The highest BCUT2D eigenvalue weighted by molar-refractivity contribution is 5.72. The Morgan fingerprint density at radius 2 is 2.00 bits per heavy atom. The summed E-state index contributed by atoms with van der Waals surface area (Å²) >= 11 is 0. The predicted molar refractivity (Wildman–Crippen MR) is 91.3 cm³/mol. The number of ether oxygens (including phenoxy) is 2. The zero-order chi connectivity index (χ0) is 16.8. The number of hydrogen-bond acceptors (Lipinski definition) is 4. The van der Waals surface area contributed by atoms with Gasteiger partial charge >= 0.3 is 5.97 Å². The van der Waals surface area contributed by atoms with E-state index >= 15 is 0 Å². The number of hydrogen-bond donors (Lipinski definition) is 1. The molecular formula is C19H23NO3. The largest absolute Gasteiger partial charge is 0.497 e. The van der Waals surface area contributed by atoms with Crippen LogP contribution in [0.3, 0.4) is 0 Å². The lowest BCUT2D eigenvalue weighted by Gasteiger charge is -2.14. The van der Waals surface area contributed by atoms with Gasteiger partial charge in [0.2, 0.25) is 0 Å². The van der Waals surface area contributed by atoms with Crippen molar-refractivity contribution in [1.29, 1.82) is 0 Å². The first-order valence-corrected chi connectivity index (χ1v) is 7.71. The molecule has 0 saturated heterocycles. The molecule has 4 heteroatoms. The maximum Gasteiger partial charge on any atom is 0.307 e. The standard InChI is InChI=1S/C19H23NO3/c1-4-23-19(21)12-18(20)15-7-5-6-14(10-15)17-11-16(22-3)9-8-13(17)2/h5-11,18H,4,12,20H2,1-3H3/t18-/m0/s1. The molecule has 2 N–H and O–H groups in total. The van der Waals surface area contributed by atoms with Gasteiger partial charge in [0.1, 0.15) is 5.75 Å². The van der Waals surface area contributed by atoms with E-state index in [0.29, 0.717) is 6.61 Å². The zero-order valence-corrected chi connectivity index (χ0v) is 13.8. The summed E-state index contributed by atoms with van der Waals surface area (Å²) < 4.78 is 10.3. The topological polar surface area (TPSA) is 61.5 Å². The van der Waals surface area contributed by atoms with E-state index in [0.717, 1.165) is 28.0 Å². The number of carbonyl (C=O) groups excluding carboxylic acids is 1. The van der Waals surface area contributed by atoms with Gasteiger partial charge in [-0.25, -0.2) is 0 Å². The van der Waals surface area contributed by atoms with Gasteiger partial charge < -0.3 is 15.2 Å². The molecule has 0 aromatic heterocycles. The lowest BCUT2D eigenvalue weighted by Crippen LogP contribution is -2.17. The van der Waals surface area contributed by atoms with E-state index in [-0.39, 0.29) is 18.4 Å². The van der Waals surface area contributed by atoms with E-state index in [4.69, 9.17) is 15.2 Å². The van der Waals surface area contributed by atoms with Crippen LogP contribution in [0.25, 0.3) is 11.1 Å². The van der Waals surface area contributed by atoms with Crippen molar-refractivity contribution in [3.63, 3.8) is 0 Å². The second-order valence-electron chi connectivity index (χ2n) is 5.42. The molecule has 0 radical (unpaired) electrons. The summed E-state index contributed by atoms with van der Waals surface area (Å²) in [5, 5.41) is 0. The Labute approximate surface area is 137 Å². The lowest BCUT2D eigenvalue weighted by molar-refractivity contribution is -0.143. The smallest absolute Gasteiger partial charge is 0.307 e. The van der Waals surface area contributed by atoms with Gasteiger partial charge in [0, 0.05) is 6.04 Å². The predicted octanol–water partition coefficient (Wildman–Crippen LogP) is 3.62. The third kappa shape index (κ3) is 4.33. The molecule has 1 atom stereocenters. The summed E-state index contributed by atoms with van der Waals surface area (Å²) in [5.41, 5.74) is 10.4. The molecule has 0 fully saturated rings. The Morgan fingerprint density at radius 1 is 1.22 bits per heavy atom. The fourth-order valence-corrected chi connectivity index (χ4v) is 2.49. The minimum absolute atomic E-state index is 0.175. The summed E-state index contributed by atoms with van der Waals surface area (Å²) in [6.07, 6.45) is 0.175. The Balaban J connectivity index is 2.28. The van der Waals surface area contributed by atoms with Crippen LogP contribution in [0, 0.1) is 6.92 Å². The van der Waals surface area contributed by atoms with E-state index in [2.05, 4.69) is 6.92 Å². The van der Waals surface area contributed by atoms with Crippen LogP contribution in [0.15, 0.2) is 42.5 Å². The van der Waals surface area contributed by atoms with Gasteiger partial charge in [-0.2, -0.15) is 0 Å². The monoisotopic (exact) mass is 313 g/mol. The Hall–Kier alpha value is -2.33. The van der Waals surface area contributed by atoms with Crippen molar-refractivity contribution in [2.24, 2.45) is 5.73 Å². The molecule has 0 aliphatic rings. The van der Waals surface area contributed by atoms with Crippen LogP contribution in [0.1, 0.15) is 30.5 Å². The highest BCUT2D eigenvalue weighted by Crippen LogP contribution is 2.29. The van der Waals surface area contributed by atoms with Gasteiger partial charge in [-0.15, -0.1) is 0 Å². The van der Waals surface area contributed by atoms with Gasteiger partial charge in [0.25, 0.3) is 0 Å². The van der Waals surface area contributed by atoms with Crippen molar-refractivity contribution in [3.8, 4) is 16.9 Å². The fourth-order valence-electron chi connectivity index (χ4n) is 2.49. The summed E-state index contributed by atoms with van der Waals surface area (Å²) in [4.78, 5) is 11.6. The number of rotatable bonds is 6. The second kappa shape index (κ2) is 7.79. The minimum atomic E-state index is -0.375. The molecule has 2 aromatic rings. The van der Waals surface area contributed by atoms with Crippen molar-refractivity contribution in [2.45, 2.75) is 26.3 Å². The van der Waals surface area contributed by atoms with E-state index in [1.54, 1.807) is 14.0 Å². The molecule has 0 saturated carbocycles. The molecule has 23 heavy (non-hydrogen) atoms. The van der Waals surface area contributed by atoms with Gasteiger partial charge in [-0.3, -0.25) is 4.79 Å². The molecule has 2 aromatic carbocycles. The molecule has 0 unspecified atom stereocenters. The van der Waals surface area contributed by atoms with Crippen molar-refractivity contribution in [1.82, 2.24) is 0 Å². The first-order chi connectivity index (χ1) is 11.0. The van der Waals surface area contributed by atoms with Crippen LogP contribution in [0.5, 0.6) is 5.75 Å². The number of carbonyl (C=O) groups is 1. The Kier molecular flexibility index (Phi) is 5.77. The molecule has 4 nitrogen and oxygen atoms in total. The third-order valence-corrected chi connectivity index (χ3v) is 3.76. The van der Waals surface area contributed by atoms with E-state index in [9.17, 15) is 4.79 Å². The Morgan fingerprint density at radius 3 is 2.70 bits per heavy atom. The van der Waals surface area contributed by atoms with Gasteiger partial charge in [0.15, 0.2) is 0 Å². The number of benzene rings is 2. The van der Waals surface area contributed by atoms with Crippen LogP contribution in [-0.2, 0) is 9.53 Å². The summed E-state index contributed by atoms with van der Waals surface area (Å²) in [7, 11) is 1.65. The number of esters is 1. The quantitative estimate of drug-likeness (QED) is 0.827. The molecule has 122 valence electrons.